The molecule has 1 aromatic heterocycles. The highest BCUT2D eigenvalue weighted by atomic mass is 35.5. The lowest BCUT2D eigenvalue weighted by Crippen LogP contribution is -2.30. The predicted octanol–water partition coefficient (Wildman–Crippen LogP) is 3.46. The first kappa shape index (κ1) is 21.2. The molecule has 1 fully saturated rings. The molecular formula is C20H18Cl2N2O5. The van der Waals surface area contributed by atoms with Gasteiger partial charge in [-0.1, -0.05) is 23.2 Å². The Kier molecular flexibility index (Phi) is 6.18. The van der Waals surface area contributed by atoms with E-state index in [1.54, 1.807) is 0 Å². The molecule has 1 N–H and O–H groups in total. The minimum absolute atomic E-state index is 0.0457. The molecule has 7 nitrogen and oxygen atoms in total. The van der Waals surface area contributed by atoms with Gasteiger partial charge in [0.05, 0.1) is 35.4 Å². The van der Waals surface area contributed by atoms with Gasteiger partial charge in [-0.2, -0.15) is 5.26 Å². The van der Waals surface area contributed by atoms with E-state index in [0.29, 0.717) is 13.0 Å². The number of halogens is 2. The van der Waals surface area contributed by atoms with Gasteiger partial charge in [0.1, 0.15) is 11.6 Å². The first-order valence-electron chi connectivity index (χ1n) is 8.85. The number of carbonyl (C=O) groups is 1. The van der Waals surface area contributed by atoms with Crippen molar-refractivity contribution in [3.05, 3.63) is 54.8 Å². The summed E-state index contributed by atoms with van der Waals surface area (Å²) in [6, 6.07) is 4.55. The fourth-order valence-electron chi connectivity index (χ4n) is 3.41. The van der Waals surface area contributed by atoms with Crippen LogP contribution in [0.3, 0.4) is 0 Å². The van der Waals surface area contributed by atoms with Crippen LogP contribution < -0.4 is 10.3 Å². The molecule has 1 saturated heterocycles. The predicted molar refractivity (Wildman–Crippen MR) is 107 cm³/mol. The number of hydrogen-bond acceptors (Lipinski definition) is 6. The van der Waals surface area contributed by atoms with Crippen molar-refractivity contribution in [2.75, 3.05) is 13.7 Å². The molecule has 1 unspecified atom stereocenters. The van der Waals surface area contributed by atoms with E-state index in [1.165, 1.54) is 26.2 Å². The van der Waals surface area contributed by atoms with E-state index < -0.39 is 17.2 Å². The van der Waals surface area contributed by atoms with Crippen molar-refractivity contribution in [2.24, 2.45) is 0 Å². The molecule has 152 valence electrons. The molecule has 0 amide bonds. The molecule has 0 bridgehead atoms. The number of methoxy groups -OCH3 is 1. The third-order valence-corrected chi connectivity index (χ3v) is 5.46. The zero-order chi connectivity index (χ0) is 21.3. The number of ketones is 1. The molecule has 0 spiro atoms. The molecular weight excluding hydrogens is 419 g/mol. The van der Waals surface area contributed by atoms with Gasteiger partial charge < -0.3 is 14.6 Å². The number of aromatic nitrogens is 1. The van der Waals surface area contributed by atoms with E-state index in [9.17, 15) is 20.0 Å². The molecule has 29 heavy (non-hydrogen) atoms. The normalized spacial score (nSPS) is 15.9. The van der Waals surface area contributed by atoms with Crippen molar-refractivity contribution in [1.29, 1.82) is 5.26 Å². The van der Waals surface area contributed by atoms with Crippen LogP contribution in [-0.4, -0.2) is 35.3 Å². The highest BCUT2D eigenvalue weighted by Gasteiger charge is 2.28. The summed E-state index contributed by atoms with van der Waals surface area (Å²) in [5.74, 6) is -0.925. The van der Waals surface area contributed by atoms with E-state index in [0.717, 1.165) is 11.0 Å². The summed E-state index contributed by atoms with van der Waals surface area (Å²) in [7, 11) is 1.39. The maximum absolute atomic E-state index is 13.2. The Morgan fingerprint density at radius 1 is 1.41 bits per heavy atom. The second kappa shape index (κ2) is 8.46. The summed E-state index contributed by atoms with van der Waals surface area (Å²) in [5.41, 5.74) is -0.858. The molecule has 1 atom stereocenters. The van der Waals surface area contributed by atoms with Crippen molar-refractivity contribution in [2.45, 2.75) is 32.4 Å². The van der Waals surface area contributed by atoms with Crippen LogP contribution in [0.4, 0.5) is 0 Å². The maximum Gasteiger partial charge on any atom is 0.271 e. The molecule has 9 heteroatoms. The Labute approximate surface area is 177 Å². The minimum atomic E-state index is -0.666. The SMILES string of the molecule is COc1c(Cl)cc(C(=O)c2c(C)c(C#N)c(=O)n(CC3CCCO3)c2O)cc1Cl. The Morgan fingerprint density at radius 2 is 2.07 bits per heavy atom. The van der Waals surface area contributed by atoms with Gasteiger partial charge in [0, 0.05) is 12.2 Å². The quantitative estimate of drug-likeness (QED) is 0.719. The van der Waals surface area contributed by atoms with E-state index >= 15 is 0 Å². The van der Waals surface area contributed by atoms with E-state index in [-0.39, 0.29) is 50.7 Å². The largest absolute Gasteiger partial charge is 0.494 e. The number of nitrogens with zero attached hydrogens (tertiary/aromatic N) is 2. The monoisotopic (exact) mass is 436 g/mol. The van der Waals surface area contributed by atoms with Crippen molar-refractivity contribution in [3.8, 4) is 17.7 Å². The summed E-state index contributed by atoms with van der Waals surface area (Å²) >= 11 is 12.3. The average Bonchev–Trinajstić information content (AvgIpc) is 3.18. The van der Waals surface area contributed by atoms with Gasteiger partial charge in [-0.05, 0) is 37.5 Å². The number of carbonyl (C=O) groups excluding carboxylic acids is 1. The molecule has 3 rings (SSSR count). The summed E-state index contributed by atoms with van der Waals surface area (Å²) in [4.78, 5) is 25.9. The van der Waals surface area contributed by atoms with Crippen LogP contribution in [0.15, 0.2) is 16.9 Å². The summed E-state index contributed by atoms with van der Waals surface area (Å²) in [6.45, 7) is 2.05. The molecule has 0 aliphatic carbocycles. The van der Waals surface area contributed by atoms with Crippen LogP contribution in [0, 0.1) is 18.3 Å². The Morgan fingerprint density at radius 3 is 2.59 bits per heavy atom. The molecule has 1 aliphatic heterocycles. The van der Waals surface area contributed by atoms with Crippen LogP contribution >= 0.6 is 23.2 Å². The summed E-state index contributed by atoms with van der Waals surface area (Å²) < 4.78 is 11.6. The third kappa shape index (κ3) is 3.84. The van der Waals surface area contributed by atoms with Gasteiger partial charge in [-0.15, -0.1) is 0 Å². The number of pyridine rings is 1. The first-order valence-corrected chi connectivity index (χ1v) is 9.61. The van der Waals surface area contributed by atoms with Crippen LogP contribution in [0.2, 0.25) is 10.0 Å². The van der Waals surface area contributed by atoms with Crippen molar-refractivity contribution in [3.63, 3.8) is 0 Å². The second-order valence-electron chi connectivity index (χ2n) is 6.66. The standard InChI is InChI=1S/C20H18Cl2N2O5/c1-10-13(8-23)19(26)24(9-12-4-3-5-29-12)20(27)16(10)17(25)11-6-14(21)18(28-2)15(22)7-11/h6-7,12,27H,3-5,9H2,1-2H3. The Bertz CT molecular complexity index is 1060. The lowest BCUT2D eigenvalue weighted by molar-refractivity contribution is 0.0929. The maximum atomic E-state index is 13.2. The van der Waals surface area contributed by atoms with Crippen LogP contribution in [0.25, 0.3) is 0 Å². The van der Waals surface area contributed by atoms with Gasteiger partial charge in [0.15, 0.2) is 11.5 Å². The Balaban J connectivity index is 2.17. The highest BCUT2D eigenvalue weighted by molar-refractivity contribution is 6.38. The summed E-state index contributed by atoms with van der Waals surface area (Å²) in [5, 5.41) is 20.5. The fourth-order valence-corrected chi connectivity index (χ4v) is 4.06. The second-order valence-corrected chi connectivity index (χ2v) is 7.48. The third-order valence-electron chi connectivity index (χ3n) is 4.90. The number of benzene rings is 1. The first-order chi connectivity index (χ1) is 13.8. The molecule has 1 aromatic carbocycles. The number of aromatic hydroxyl groups is 1. The molecule has 2 heterocycles. The zero-order valence-corrected chi connectivity index (χ0v) is 17.3. The number of rotatable bonds is 5. The van der Waals surface area contributed by atoms with Gasteiger partial charge >= 0.3 is 0 Å². The summed E-state index contributed by atoms with van der Waals surface area (Å²) in [6.07, 6.45) is 1.28. The molecule has 1 aliphatic rings. The highest BCUT2D eigenvalue weighted by Crippen LogP contribution is 2.35. The van der Waals surface area contributed by atoms with Gasteiger partial charge in [0.25, 0.3) is 5.56 Å². The van der Waals surface area contributed by atoms with Crippen LogP contribution in [0.5, 0.6) is 11.6 Å². The minimum Gasteiger partial charge on any atom is -0.494 e. The van der Waals surface area contributed by atoms with Gasteiger partial charge in [-0.3, -0.25) is 14.2 Å². The molecule has 2 aromatic rings. The molecule has 0 saturated carbocycles. The topological polar surface area (TPSA) is 102 Å². The smallest absolute Gasteiger partial charge is 0.271 e. The number of hydrogen-bond donors (Lipinski definition) is 1. The van der Waals surface area contributed by atoms with Crippen molar-refractivity contribution >= 4 is 29.0 Å². The molecule has 0 radical (unpaired) electrons. The van der Waals surface area contributed by atoms with Crippen LogP contribution in [-0.2, 0) is 11.3 Å². The lowest BCUT2D eigenvalue weighted by atomic mass is 9.97. The van der Waals surface area contributed by atoms with Gasteiger partial charge in [-0.25, -0.2) is 0 Å². The van der Waals surface area contributed by atoms with Crippen molar-refractivity contribution in [1.82, 2.24) is 4.57 Å². The van der Waals surface area contributed by atoms with E-state index in [1.807, 2.05) is 6.07 Å². The number of nitriles is 1. The van der Waals surface area contributed by atoms with E-state index in [2.05, 4.69) is 0 Å². The average molecular weight is 437 g/mol. The number of ether oxygens (including phenoxy) is 2. The zero-order valence-electron chi connectivity index (χ0n) is 15.8. The van der Waals surface area contributed by atoms with Crippen LogP contribution in [0.1, 0.15) is 39.9 Å². The lowest BCUT2D eigenvalue weighted by Gasteiger charge is -2.18. The Hall–Kier alpha value is -2.53. The van der Waals surface area contributed by atoms with Gasteiger partial charge in [0.2, 0.25) is 5.88 Å². The van der Waals surface area contributed by atoms with E-state index in [4.69, 9.17) is 32.7 Å². The van der Waals surface area contributed by atoms with Crippen molar-refractivity contribution < 1.29 is 19.4 Å². The fraction of sp³-hybridized carbons (Fsp3) is 0.350.